The number of hydrogen-bond donors (Lipinski definition) is 1. The normalized spacial score (nSPS) is 21.6. The number of nitriles is 1. The summed E-state index contributed by atoms with van der Waals surface area (Å²) < 4.78 is 10.2. The summed E-state index contributed by atoms with van der Waals surface area (Å²) in [6.07, 6.45) is 3.19. The fraction of sp³-hybridized carbons (Fsp3) is 0.154. The van der Waals surface area contributed by atoms with Gasteiger partial charge in [-0.05, 0) is 17.7 Å². The number of allylic oxidation sites excluding steroid dienone is 1. The van der Waals surface area contributed by atoms with Crippen molar-refractivity contribution in [2.45, 2.75) is 5.92 Å². The number of carbonyl (C=O) groups excluding carboxylic acids is 1. The van der Waals surface area contributed by atoms with E-state index < -0.39 is 11.9 Å². The average molecular weight is 255 g/mol. The molecule has 94 valence electrons. The quantitative estimate of drug-likeness (QED) is 0.742. The van der Waals surface area contributed by atoms with Crippen LogP contribution in [0.2, 0.25) is 0 Å². The summed E-state index contributed by atoms with van der Waals surface area (Å²) in [5.41, 5.74) is 7.05. The van der Waals surface area contributed by atoms with Crippen LogP contribution in [0.15, 0.2) is 47.3 Å². The van der Waals surface area contributed by atoms with Crippen molar-refractivity contribution in [2.75, 3.05) is 6.61 Å². The zero-order valence-corrected chi connectivity index (χ0v) is 9.79. The zero-order chi connectivity index (χ0) is 13.4. The number of ether oxygens (including phenoxy) is 2. The first-order valence-corrected chi connectivity index (χ1v) is 5.60. The Morgan fingerprint density at radius 1 is 1.42 bits per heavy atom. The van der Waals surface area contributed by atoms with Crippen LogP contribution >= 0.6 is 0 Å². The number of esters is 1. The predicted octanol–water partition coefficient (Wildman–Crippen LogP) is 0.700. The average Bonchev–Trinajstić information content (AvgIpc) is 2.79. The monoisotopic (exact) mass is 255 g/mol. The molecule has 0 saturated carbocycles. The van der Waals surface area contributed by atoms with E-state index in [1.165, 1.54) is 0 Å². The summed E-state index contributed by atoms with van der Waals surface area (Å²) in [5.74, 6) is -0.631. The van der Waals surface area contributed by atoms with Crippen LogP contribution in [0.3, 0.4) is 0 Å². The summed E-state index contributed by atoms with van der Waals surface area (Å²) in [7, 11) is 0. The molecule has 6 nitrogen and oxygen atoms in total. The molecular weight excluding hydrogens is 246 g/mol. The van der Waals surface area contributed by atoms with Gasteiger partial charge in [-0.15, -0.1) is 0 Å². The van der Waals surface area contributed by atoms with E-state index in [2.05, 4.69) is 4.98 Å². The highest BCUT2D eigenvalue weighted by atomic mass is 16.6. The van der Waals surface area contributed by atoms with Crippen LogP contribution < -0.4 is 5.73 Å². The Balaban J connectivity index is 2.18. The maximum Gasteiger partial charge on any atom is 0.339 e. The third kappa shape index (κ3) is 1.64. The second kappa shape index (κ2) is 4.14. The highest BCUT2D eigenvalue weighted by molar-refractivity contribution is 5.94. The standard InChI is InChI=1S/C13H9N3O3/c14-5-8-10(7-1-3-16-4-2-7)11-9(19-12(8)15)6-18-13(11)17/h1-4,10H,6,15H2. The molecule has 1 aromatic heterocycles. The molecule has 0 bridgehead atoms. The van der Waals surface area contributed by atoms with Crippen molar-refractivity contribution in [2.24, 2.45) is 5.73 Å². The van der Waals surface area contributed by atoms with Crippen molar-refractivity contribution in [1.82, 2.24) is 4.98 Å². The highest BCUT2D eigenvalue weighted by Gasteiger charge is 2.41. The van der Waals surface area contributed by atoms with Crippen molar-refractivity contribution in [3.8, 4) is 6.07 Å². The highest BCUT2D eigenvalue weighted by Crippen LogP contribution is 2.41. The fourth-order valence-corrected chi connectivity index (χ4v) is 2.25. The molecule has 0 fully saturated rings. The molecule has 1 unspecified atom stereocenters. The Labute approximate surface area is 108 Å². The lowest BCUT2D eigenvalue weighted by Gasteiger charge is -2.23. The Kier molecular flexibility index (Phi) is 2.46. The van der Waals surface area contributed by atoms with Crippen LogP contribution in [0.1, 0.15) is 11.5 Å². The van der Waals surface area contributed by atoms with Gasteiger partial charge in [0.2, 0.25) is 5.88 Å². The van der Waals surface area contributed by atoms with Crippen LogP contribution in [0.25, 0.3) is 0 Å². The molecule has 19 heavy (non-hydrogen) atoms. The third-order valence-electron chi connectivity index (χ3n) is 3.09. The van der Waals surface area contributed by atoms with Gasteiger partial charge in [0.05, 0.1) is 11.5 Å². The number of nitrogens with zero attached hydrogens (tertiary/aromatic N) is 2. The molecular formula is C13H9N3O3. The molecule has 0 saturated heterocycles. The smallest absolute Gasteiger partial charge is 0.339 e. The molecule has 0 amide bonds. The van der Waals surface area contributed by atoms with E-state index >= 15 is 0 Å². The van der Waals surface area contributed by atoms with Crippen molar-refractivity contribution in [3.05, 3.63) is 52.9 Å². The first kappa shape index (κ1) is 11.3. The largest absolute Gasteiger partial charge is 0.454 e. The van der Waals surface area contributed by atoms with Crippen molar-refractivity contribution < 1.29 is 14.3 Å². The summed E-state index contributed by atoms with van der Waals surface area (Å²) in [6.45, 7) is 0.0508. The second-order valence-corrected chi connectivity index (χ2v) is 4.12. The van der Waals surface area contributed by atoms with E-state index in [0.29, 0.717) is 11.3 Å². The van der Waals surface area contributed by atoms with Gasteiger partial charge < -0.3 is 15.2 Å². The summed E-state index contributed by atoms with van der Waals surface area (Å²) in [6, 6.07) is 5.47. The Morgan fingerprint density at radius 2 is 2.16 bits per heavy atom. The van der Waals surface area contributed by atoms with E-state index in [0.717, 1.165) is 5.56 Å². The Bertz CT molecular complexity index is 655. The van der Waals surface area contributed by atoms with E-state index in [1.54, 1.807) is 24.5 Å². The van der Waals surface area contributed by atoms with Gasteiger partial charge in [0.1, 0.15) is 18.2 Å². The molecule has 2 N–H and O–H groups in total. The molecule has 1 aromatic rings. The van der Waals surface area contributed by atoms with Crippen LogP contribution in [0.4, 0.5) is 0 Å². The van der Waals surface area contributed by atoms with E-state index in [1.807, 2.05) is 6.07 Å². The maximum atomic E-state index is 11.8. The van der Waals surface area contributed by atoms with Gasteiger partial charge in [-0.3, -0.25) is 4.98 Å². The Morgan fingerprint density at radius 3 is 2.84 bits per heavy atom. The number of cyclic esters (lactones) is 1. The van der Waals surface area contributed by atoms with Gasteiger partial charge >= 0.3 is 5.97 Å². The first-order valence-electron chi connectivity index (χ1n) is 5.60. The summed E-state index contributed by atoms with van der Waals surface area (Å²) in [4.78, 5) is 15.7. The molecule has 0 aromatic carbocycles. The molecule has 1 atom stereocenters. The van der Waals surface area contributed by atoms with Crippen molar-refractivity contribution in [1.29, 1.82) is 5.26 Å². The van der Waals surface area contributed by atoms with Gasteiger partial charge in [0.15, 0.2) is 5.76 Å². The molecule has 3 heterocycles. The van der Waals surface area contributed by atoms with E-state index in [-0.39, 0.29) is 18.1 Å². The van der Waals surface area contributed by atoms with Crippen molar-refractivity contribution in [3.63, 3.8) is 0 Å². The van der Waals surface area contributed by atoms with Crippen LogP contribution in [0, 0.1) is 11.3 Å². The van der Waals surface area contributed by atoms with E-state index in [4.69, 9.17) is 15.2 Å². The van der Waals surface area contributed by atoms with Gasteiger partial charge in [0.25, 0.3) is 0 Å². The summed E-state index contributed by atoms with van der Waals surface area (Å²) >= 11 is 0. The first-order chi connectivity index (χ1) is 9.22. The molecule has 0 aliphatic carbocycles. The SMILES string of the molecule is N#CC1=C(N)OC2=C(C(=O)OC2)C1c1ccncc1. The molecule has 0 spiro atoms. The molecule has 2 aliphatic rings. The van der Waals surface area contributed by atoms with Gasteiger partial charge in [-0.25, -0.2) is 4.79 Å². The lowest BCUT2D eigenvalue weighted by atomic mass is 9.84. The van der Waals surface area contributed by atoms with Gasteiger partial charge in [0, 0.05) is 12.4 Å². The summed E-state index contributed by atoms with van der Waals surface area (Å²) in [5, 5.41) is 9.24. The predicted molar refractivity (Wildman–Crippen MR) is 62.9 cm³/mol. The molecule has 6 heteroatoms. The minimum Gasteiger partial charge on any atom is -0.454 e. The van der Waals surface area contributed by atoms with Crippen LogP contribution in [-0.4, -0.2) is 17.6 Å². The molecule has 3 rings (SSSR count). The van der Waals surface area contributed by atoms with Gasteiger partial charge in [-0.2, -0.15) is 5.26 Å². The number of pyridine rings is 1. The van der Waals surface area contributed by atoms with Gasteiger partial charge in [-0.1, -0.05) is 0 Å². The third-order valence-corrected chi connectivity index (χ3v) is 3.09. The van der Waals surface area contributed by atoms with Crippen LogP contribution in [0.5, 0.6) is 0 Å². The Hall–Kier alpha value is -2.81. The fourth-order valence-electron chi connectivity index (χ4n) is 2.25. The molecule has 0 radical (unpaired) electrons. The minimum atomic E-state index is -0.549. The number of aromatic nitrogens is 1. The number of hydrogen-bond acceptors (Lipinski definition) is 6. The maximum absolute atomic E-state index is 11.8. The number of nitrogens with two attached hydrogens (primary N) is 1. The minimum absolute atomic E-state index is 0.0152. The lowest BCUT2D eigenvalue weighted by Crippen LogP contribution is -2.21. The number of carbonyl (C=O) groups is 1. The van der Waals surface area contributed by atoms with E-state index in [9.17, 15) is 10.1 Å². The number of rotatable bonds is 1. The van der Waals surface area contributed by atoms with Crippen molar-refractivity contribution >= 4 is 5.97 Å². The zero-order valence-electron chi connectivity index (χ0n) is 9.79. The molecule has 2 aliphatic heterocycles. The lowest BCUT2D eigenvalue weighted by molar-refractivity contribution is -0.136. The topological polar surface area (TPSA) is 98.2 Å². The van der Waals surface area contributed by atoms with Crippen LogP contribution in [-0.2, 0) is 14.3 Å². The second-order valence-electron chi connectivity index (χ2n) is 4.12.